The molecule has 0 bridgehead atoms. The van der Waals surface area contributed by atoms with Crippen LogP contribution in [-0.2, 0) is 11.3 Å². The average molecular weight is 272 g/mol. The largest absolute Gasteiger partial charge is 0.351 e. The van der Waals surface area contributed by atoms with E-state index in [0.717, 1.165) is 5.56 Å². The van der Waals surface area contributed by atoms with Gasteiger partial charge in [-0.2, -0.15) is 0 Å². The summed E-state index contributed by atoms with van der Waals surface area (Å²) in [5.74, 6) is 0.0247. The minimum absolute atomic E-state index is 0. The van der Waals surface area contributed by atoms with E-state index in [-0.39, 0.29) is 24.4 Å². The molecular weight excluding hydrogens is 250 g/mol. The number of carbonyl (C=O) groups excluding carboxylic acids is 1. The number of likely N-dealkylation sites (N-methyl/N-ethyl adjacent to an activating group) is 1. The predicted molar refractivity (Wildman–Crippen MR) is 76.7 cm³/mol. The van der Waals surface area contributed by atoms with Crippen LogP contribution in [0, 0.1) is 0 Å². The third kappa shape index (κ3) is 6.00. The summed E-state index contributed by atoms with van der Waals surface area (Å²) in [5, 5.41) is 2.89. The molecule has 0 aliphatic rings. The van der Waals surface area contributed by atoms with Crippen molar-refractivity contribution < 1.29 is 4.79 Å². The highest BCUT2D eigenvalue weighted by Crippen LogP contribution is 1.97. The molecule has 1 amide bonds. The highest BCUT2D eigenvalue weighted by atomic mass is 35.5. The van der Waals surface area contributed by atoms with E-state index < -0.39 is 0 Å². The second-order valence-corrected chi connectivity index (χ2v) is 4.26. The third-order valence-corrected chi connectivity index (χ3v) is 2.82. The number of carbonyl (C=O) groups is 1. The lowest BCUT2D eigenvalue weighted by atomic mass is 10.2. The van der Waals surface area contributed by atoms with Gasteiger partial charge in [0.2, 0.25) is 5.91 Å². The molecule has 0 aliphatic heterocycles. The second-order valence-electron chi connectivity index (χ2n) is 4.26. The fraction of sp³-hybridized carbons (Fsp3) is 0.462. The molecule has 0 aromatic heterocycles. The number of nitrogens with one attached hydrogen (secondary N) is 1. The standard InChI is InChI=1S/C13H21N3O.ClH/c1-11(8-14)16(2)10-13(17)15-9-12-6-4-3-5-7-12;/h3-7,11H,8-10,14H2,1-2H3,(H,15,17);1H. The van der Waals surface area contributed by atoms with Gasteiger partial charge in [-0.05, 0) is 19.5 Å². The van der Waals surface area contributed by atoms with E-state index >= 15 is 0 Å². The molecule has 1 rings (SSSR count). The van der Waals surface area contributed by atoms with Crippen LogP contribution < -0.4 is 11.1 Å². The Morgan fingerprint density at radius 1 is 1.39 bits per heavy atom. The van der Waals surface area contributed by atoms with E-state index in [9.17, 15) is 4.79 Å². The van der Waals surface area contributed by atoms with Crippen LogP contribution in [0.3, 0.4) is 0 Å². The predicted octanol–water partition coefficient (Wildman–Crippen LogP) is 1.00. The van der Waals surface area contributed by atoms with Crippen LogP contribution in [-0.4, -0.2) is 37.0 Å². The number of halogens is 1. The van der Waals surface area contributed by atoms with E-state index in [2.05, 4.69) is 5.32 Å². The highest BCUT2D eigenvalue weighted by molar-refractivity contribution is 5.85. The Hall–Kier alpha value is -1.10. The molecule has 1 aromatic carbocycles. The van der Waals surface area contributed by atoms with Crippen LogP contribution >= 0.6 is 12.4 Å². The summed E-state index contributed by atoms with van der Waals surface area (Å²) in [7, 11) is 1.90. The van der Waals surface area contributed by atoms with Crippen LogP contribution in [0.5, 0.6) is 0 Å². The first kappa shape index (κ1) is 16.9. The first-order chi connectivity index (χ1) is 8.13. The molecule has 0 aliphatic carbocycles. The van der Waals surface area contributed by atoms with Crippen molar-refractivity contribution in [2.45, 2.75) is 19.5 Å². The molecule has 18 heavy (non-hydrogen) atoms. The lowest BCUT2D eigenvalue weighted by Crippen LogP contribution is -2.42. The van der Waals surface area contributed by atoms with Crippen LogP contribution in [0.15, 0.2) is 30.3 Å². The van der Waals surface area contributed by atoms with Crippen molar-refractivity contribution >= 4 is 18.3 Å². The first-order valence-electron chi connectivity index (χ1n) is 5.84. The average Bonchev–Trinajstić information content (AvgIpc) is 2.36. The highest BCUT2D eigenvalue weighted by Gasteiger charge is 2.10. The van der Waals surface area contributed by atoms with Gasteiger partial charge in [0.15, 0.2) is 0 Å². The molecule has 5 heteroatoms. The normalized spacial score (nSPS) is 11.8. The van der Waals surface area contributed by atoms with Crippen molar-refractivity contribution in [3.63, 3.8) is 0 Å². The molecular formula is C13H22ClN3O. The molecule has 0 heterocycles. The van der Waals surface area contributed by atoms with Gasteiger partial charge in [0.1, 0.15) is 0 Å². The molecule has 1 atom stereocenters. The number of hydrogen-bond acceptors (Lipinski definition) is 3. The molecule has 1 unspecified atom stereocenters. The summed E-state index contributed by atoms with van der Waals surface area (Å²) in [4.78, 5) is 13.6. The zero-order chi connectivity index (χ0) is 12.7. The Bertz CT molecular complexity index is 345. The van der Waals surface area contributed by atoms with E-state index in [1.54, 1.807) is 0 Å². The van der Waals surface area contributed by atoms with Gasteiger partial charge < -0.3 is 11.1 Å². The number of nitrogens with two attached hydrogens (primary N) is 1. The molecule has 0 saturated heterocycles. The summed E-state index contributed by atoms with van der Waals surface area (Å²) in [6.07, 6.45) is 0. The smallest absolute Gasteiger partial charge is 0.234 e. The number of nitrogens with zero attached hydrogens (tertiary/aromatic N) is 1. The Labute approximate surface area is 115 Å². The summed E-state index contributed by atoms with van der Waals surface area (Å²) < 4.78 is 0. The quantitative estimate of drug-likeness (QED) is 0.812. The summed E-state index contributed by atoms with van der Waals surface area (Å²) in [6.45, 7) is 3.52. The van der Waals surface area contributed by atoms with Crippen molar-refractivity contribution in [3.8, 4) is 0 Å². The second kappa shape index (κ2) is 8.91. The maximum absolute atomic E-state index is 11.7. The summed E-state index contributed by atoms with van der Waals surface area (Å²) in [5.41, 5.74) is 6.65. The fourth-order valence-electron chi connectivity index (χ4n) is 1.41. The zero-order valence-electron chi connectivity index (χ0n) is 10.9. The molecule has 0 fully saturated rings. The molecule has 1 aromatic rings. The van der Waals surface area contributed by atoms with E-state index in [0.29, 0.717) is 19.6 Å². The fourth-order valence-corrected chi connectivity index (χ4v) is 1.41. The van der Waals surface area contributed by atoms with Crippen LogP contribution in [0.4, 0.5) is 0 Å². The summed E-state index contributed by atoms with van der Waals surface area (Å²) in [6, 6.07) is 10.1. The zero-order valence-corrected chi connectivity index (χ0v) is 11.7. The summed E-state index contributed by atoms with van der Waals surface area (Å²) >= 11 is 0. The lowest BCUT2D eigenvalue weighted by Gasteiger charge is -2.22. The van der Waals surface area contributed by atoms with E-state index in [1.807, 2.05) is 49.2 Å². The van der Waals surface area contributed by atoms with Crippen LogP contribution in [0.2, 0.25) is 0 Å². The Morgan fingerprint density at radius 2 is 2.00 bits per heavy atom. The molecule has 3 N–H and O–H groups in total. The van der Waals surface area contributed by atoms with Gasteiger partial charge in [-0.25, -0.2) is 0 Å². The van der Waals surface area contributed by atoms with Crippen LogP contribution in [0.1, 0.15) is 12.5 Å². The Kier molecular flexibility index (Phi) is 8.37. The van der Waals surface area contributed by atoms with Gasteiger partial charge in [0.05, 0.1) is 6.54 Å². The molecule has 0 spiro atoms. The van der Waals surface area contributed by atoms with Gasteiger partial charge in [-0.1, -0.05) is 30.3 Å². The SMILES string of the molecule is CC(CN)N(C)CC(=O)NCc1ccccc1.Cl. The third-order valence-electron chi connectivity index (χ3n) is 2.82. The number of rotatable bonds is 6. The first-order valence-corrected chi connectivity index (χ1v) is 5.84. The van der Waals surface area contributed by atoms with Crippen molar-refractivity contribution in [1.29, 1.82) is 0 Å². The van der Waals surface area contributed by atoms with Gasteiger partial charge in [0, 0.05) is 19.1 Å². The van der Waals surface area contributed by atoms with E-state index in [1.165, 1.54) is 0 Å². The maximum Gasteiger partial charge on any atom is 0.234 e. The minimum Gasteiger partial charge on any atom is -0.351 e. The van der Waals surface area contributed by atoms with Crippen molar-refractivity contribution in [2.75, 3.05) is 20.1 Å². The molecule has 0 saturated carbocycles. The van der Waals surface area contributed by atoms with Crippen molar-refractivity contribution in [3.05, 3.63) is 35.9 Å². The molecule has 4 nitrogen and oxygen atoms in total. The molecule has 102 valence electrons. The van der Waals surface area contributed by atoms with Crippen molar-refractivity contribution in [1.82, 2.24) is 10.2 Å². The molecule has 0 radical (unpaired) electrons. The topological polar surface area (TPSA) is 58.4 Å². The number of amides is 1. The van der Waals surface area contributed by atoms with Crippen LogP contribution in [0.25, 0.3) is 0 Å². The lowest BCUT2D eigenvalue weighted by molar-refractivity contribution is -0.122. The van der Waals surface area contributed by atoms with Gasteiger partial charge in [-0.3, -0.25) is 9.69 Å². The van der Waals surface area contributed by atoms with E-state index in [4.69, 9.17) is 5.73 Å². The Morgan fingerprint density at radius 3 is 2.56 bits per heavy atom. The minimum atomic E-state index is 0. The number of benzene rings is 1. The monoisotopic (exact) mass is 271 g/mol. The van der Waals surface area contributed by atoms with Gasteiger partial charge in [-0.15, -0.1) is 12.4 Å². The Balaban J connectivity index is 0.00000289. The van der Waals surface area contributed by atoms with Crippen molar-refractivity contribution in [2.24, 2.45) is 5.73 Å². The van der Waals surface area contributed by atoms with Gasteiger partial charge in [0.25, 0.3) is 0 Å². The maximum atomic E-state index is 11.7. The number of hydrogen-bond donors (Lipinski definition) is 2. The van der Waals surface area contributed by atoms with Gasteiger partial charge >= 0.3 is 0 Å².